The Balaban J connectivity index is 1.58. The molecule has 6 nitrogen and oxygen atoms in total. The fraction of sp³-hybridized carbons (Fsp3) is 0.640. The summed E-state index contributed by atoms with van der Waals surface area (Å²) in [5.74, 6) is -0.661. The van der Waals surface area contributed by atoms with E-state index in [1.54, 1.807) is 0 Å². The molecule has 0 unspecified atom stereocenters. The lowest BCUT2D eigenvalue weighted by Gasteiger charge is -2.47. The maximum atomic E-state index is 13.6. The number of likely N-dealkylation sites (tertiary alicyclic amines) is 1. The fourth-order valence-corrected chi connectivity index (χ4v) is 4.87. The van der Waals surface area contributed by atoms with E-state index < -0.39 is 11.2 Å². The molecule has 3 aliphatic rings. The van der Waals surface area contributed by atoms with Gasteiger partial charge in [-0.3, -0.25) is 9.69 Å². The van der Waals surface area contributed by atoms with Crippen molar-refractivity contribution in [1.29, 1.82) is 0 Å². The molecule has 1 aromatic carbocycles. The molecule has 170 valence electrons. The van der Waals surface area contributed by atoms with Crippen LogP contribution in [0.5, 0.6) is 0 Å². The van der Waals surface area contributed by atoms with Crippen LogP contribution in [0.4, 0.5) is 0 Å². The zero-order chi connectivity index (χ0) is 22.3. The molecule has 0 saturated carbocycles. The second kappa shape index (κ2) is 8.32. The fourth-order valence-electron chi connectivity index (χ4n) is 4.87. The zero-order valence-corrected chi connectivity index (χ0v) is 19.2. The van der Waals surface area contributed by atoms with Gasteiger partial charge in [-0.2, -0.15) is 0 Å². The van der Waals surface area contributed by atoms with Crippen LogP contribution in [0.25, 0.3) is 6.08 Å². The number of nitrogens with two attached hydrogens (primary N) is 1. The van der Waals surface area contributed by atoms with E-state index in [1.165, 1.54) is 0 Å². The van der Waals surface area contributed by atoms with Crippen molar-refractivity contribution in [3.63, 3.8) is 0 Å². The van der Waals surface area contributed by atoms with Crippen LogP contribution in [-0.2, 0) is 24.4 Å². The lowest BCUT2D eigenvalue weighted by atomic mass is 9.69. The number of carbonyl (C=O) groups excluding carboxylic acids is 1. The molecule has 2 aliphatic heterocycles. The van der Waals surface area contributed by atoms with Crippen LogP contribution in [0.1, 0.15) is 51.7 Å². The van der Waals surface area contributed by atoms with Gasteiger partial charge in [0.2, 0.25) is 0 Å². The average molecular weight is 429 g/mol. The van der Waals surface area contributed by atoms with E-state index in [-0.39, 0.29) is 30.1 Å². The Labute approximate surface area is 185 Å². The van der Waals surface area contributed by atoms with Gasteiger partial charge in [0.1, 0.15) is 12.0 Å². The lowest BCUT2D eigenvalue weighted by Crippen LogP contribution is -2.58. The predicted octanol–water partition coefficient (Wildman–Crippen LogP) is 3.10. The number of hydrogen-bond donors (Lipinski definition) is 1. The highest BCUT2D eigenvalue weighted by molar-refractivity contribution is 5.87. The first-order valence-corrected chi connectivity index (χ1v) is 11.4. The minimum atomic E-state index is -0.815. The number of rotatable bonds is 4. The van der Waals surface area contributed by atoms with Gasteiger partial charge in [0.25, 0.3) is 0 Å². The number of ether oxygens (including phenoxy) is 3. The van der Waals surface area contributed by atoms with Crippen LogP contribution >= 0.6 is 0 Å². The van der Waals surface area contributed by atoms with Gasteiger partial charge in [-0.1, -0.05) is 57.2 Å². The Morgan fingerprint density at radius 3 is 2.52 bits per heavy atom. The highest BCUT2D eigenvalue weighted by Crippen LogP contribution is 2.42. The Morgan fingerprint density at radius 1 is 1.23 bits per heavy atom. The number of carbonyl (C=O) groups is 1. The van der Waals surface area contributed by atoms with E-state index in [4.69, 9.17) is 19.9 Å². The van der Waals surface area contributed by atoms with E-state index in [0.717, 1.165) is 37.1 Å². The molecule has 2 fully saturated rings. The molecule has 4 rings (SSSR count). The molecule has 1 aromatic rings. The van der Waals surface area contributed by atoms with Gasteiger partial charge in [-0.15, -0.1) is 0 Å². The van der Waals surface area contributed by atoms with Crippen molar-refractivity contribution < 1.29 is 19.0 Å². The summed E-state index contributed by atoms with van der Waals surface area (Å²) < 4.78 is 17.7. The SMILES string of the molecule is CC(C)(C)[C@H](N)COC(=O)[C@]1(C)c2ccccc2C=C[C@@H]1N1CCC2(CC1)OCCO2. The molecule has 0 radical (unpaired) electrons. The summed E-state index contributed by atoms with van der Waals surface area (Å²) in [4.78, 5) is 16.0. The molecule has 6 heteroatoms. The molecule has 3 atom stereocenters. The Morgan fingerprint density at radius 2 is 1.87 bits per heavy atom. The highest BCUT2D eigenvalue weighted by atomic mass is 16.7. The largest absolute Gasteiger partial charge is 0.463 e. The molecule has 0 amide bonds. The third kappa shape index (κ3) is 4.19. The van der Waals surface area contributed by atoms with Crippen molar-refractivity contribution in [3.05, 3.63) is 41.5 Å². The maximum absolute atomic E-state index is 13.6. The van der Waals surface area contributed by atoms with Crippen molar-refractivity contribution in [1.82, 2.24) is 4.90 Å². The van der Waals surface area contributed by atoms with Crippen LogP contribution in [0.3, 0.4) is 0 Å². The summed E-state index contributed by atoms with van der Waals surface area (Å²) in [5, 5.41) is 0. The molecule has 2 N–H and O–H groups in total. The summed E-state index contributed by atoms with van der Waals surface area (Å²) in [5.41, 5.74) is 7.40. The van der Waals surface area contributed by atoms with Crippen molar-refractivity contribution in [2.24, 2.45) is 11.1 Å². The highest BCUT2D eigenvalue weighted by Gasteiger charge is 2.51. The molecule has 0 bridgehead atoms. The van der Waals surface area contributed by atoms with Gasteiger partial charge in [0, 0.05) is 38.0 Å². The molecule has 1 spiro atoms. The molecule has 2 heterocycles. The number of benzene rings is 1. The van der Waals surface area contributed by atoms with Crippen LogP contribution in [0.2, 0.25) is 0 Å². The quantitative estimate of drug-likeness (QED) is 0.743. The van der Waals surface area contributed by atoms with Crippen LogP contribution in [-0.4, -0.2) is 61.7 Å². The van der Waals surface area contributed by atoms with Crippen molar-refractivity contribution in [2.45, 2.75) is 63.8 Å². The topological polar surface area (TPSA) is 74.0 Å². The summed E-state index contributed by atoms with van der Waals surface area (Å²) in [7, 11) is 0. The Kier molecular flexibility index (Phi) is 6.03. The van der Waals surface area contributed by atoms with Crippen molar-refractivity contribution >= 4 is 12.0 Å². The third-order valence-corrected chi connectivity index (χ3v) is 7.27. The molecule has 0 aromatic heterocycles. The average Bonchev–Trinajstić information content (AvgIpc) is 3.20. The van der Waals surface area contributed by atoms with Crippen molar-refractivity contribution in [2.75, 3.05) is 32.9 Å². The first-order valence-electron chi connectivity index (χ1n) is 11.4. The predicted molar refractivity (Wildman–Crippen MR) is 120 cm³/mol. The van der Waals surface area contributed by atoms with E-state index in [1.807, 2.05) is 25.1 Å². The number of nitrogens with zero attached hydrogens (tertiary/aromatic N) is 1. The smallest absolute Gasteiger partial charge is 0.318 e. The first kappa shape index (κ1) is 22.5. The van der Waals surface area contributed by atoms with Gasteiger partial charge >= 0.3 is 5.97 Å². The lowest BCUT2D eigenvalue weighted by molar-refractivity contribution is -0.189. The first-order chi connectivity index (χ1) is 14.7. The molecular formula is C25H36N2O4. The number of fused-ring (bicyclic) bond motifs is 1. The van der Waals surface area contributed by atoms with Gasteiger partial charge in [-0.25, -0.2) is 0 Å². The van der Waals surface area contributed by atoms with E-state index >= 15 is 0 Å². The Bertz CT molecular complexity index is 830. The van der Waals surface area contributed by atoms with Gasteiger partial charge in [0.05, 0.1) is 13.2 Å². The monoisotopic (exact) mass is 428 g/mol. The Hall–Kier alpha value is -1.73. The van der Waals surface area contributed by atoms with Gasteiger partial charge in [0.15, 0.2) is 5.79 Å². The summed E-state index contributed by atoms with van der Waals surface area (Å²) in [6.07, 6.45) is 5.89. The zero-order valence-electron chi connectivity index (χ0n) is 19.2. The molecular weight excluding hydrogens is 392 g/mol. The summed E-state index contributed by atoms with van der Waals surface area (Å²) in [6.45, 7) is 11.3. The van der Waals surface area contributed by atoms with Gasteiger partial charge in [-0.05, 0) is 23.5 Å². The van der Waals surface area contributed by atoms with Crippen LogP contribution in [0, 0.1) is 5.41 Å². The van der Waals surface area contributed by atoms with E-state index in [9.17, 15) is 4.79 Å². The standard InChI is InChI=1S/C25H36N2O4/c1-23(2,3)20(26)17-29-22(28)24(4)19-8-6-5-7-18(19)9-10-21(24)27-13-11-25(12-14-27)30-15-16-31-25/h5-10,20-21H,11-17,26H2,1-4H3/t20-,21+,24-/m1/s1. The summed E-state index contributed by atoms with van der Waals surface area (Å²) >= 11 is 0. The minimum Gasteiger partial charge on any atom is -0.463 e. The second-order valence-electron chi connectivity index (χ2n) is 10.3. The number of piperidine rings is 1. The minimum absolute atomic E-state index is 0.0977. The van der Waals surface area contributed by atoms with E-state index in [2.05, 4.69) is 43.9 Å². The second-order valence-corrected chi connectivity index (χ2v) is 10.3. The maximum Gasteiger partial charge on any atom is 0.318 e. The molecule has 31 heavy (non-hydrogen) atoms. The molecule has 2 saturated heterocycles. The third-order valence-electron chi connectivity index (χ3n) is 7.27. The number of hydrogen-bond acceptors (Lipinski definition) is 6. The van der Waals surface area contributed by atoms with Gasteiger partial charge < -0.3 is 19.9 Å². The summed E-state index contributed by atoms with van der Waals surface area (Å²) in [6, 6.07) is 7.78. The van der Waals surface area contributed by atoms with E-state index in [0.29, 0.717) is 13.2 Å². The number of esters is 1. The van der Waals surface area contributed by atoms with Crippen LogP contribution in [0.15, 0.2) is 30.3 Å². The van der Waals surface area contributed by atoms with Crippen molar-refractivity contribution in [3.8, 4) is 0 Å². The van der Waals surface area contributed by atoms with Crippen LogP contribution < -0.4 is 5.73 Å². The normalized spacial score (nSPS) is 29.0. The molecule has 1 aliphatic carbocycles.